The average Bonchev–Trinajstić information content (AvgIpc) is 2.38. The zero-order chi connectivity index (χ0) is 14.8. The highest BCUT2D eigenvalue weighted by Gasteiger charge is 2.31. The molecule has 0 bridgehead atoms. The number of anilines is 1. The summed E-state index contributed by atoms with van der Waals surface area (Å²) in [4.78, 5) is 3.92. The first-order valence-electron chi connectivity index (χ1n) is 5.88. The molecule has 0 saturated carbocycles. The first kappa shape index (κ1) is 14.3. The molecule has 1 aromatic heterocycles. The molecule has 0 atom stereocenters. The van der Waals surface area contributed by atoms with E-state index in [4.69, 9.17) is 0 Å². The number of aromatic nitrogens is 1. The van der Waals surface area contributed by atoms with Gasteiger partial charge in [0.15, 0.2) is 0 Å². The molecule has 0 saturated heterocycles. The molecule has 0 spiro atoms. The van der Waals surface area contributed by atoms with Crippen LogP contribution in [0.2, 0.25) is 0 Å². The molecule has 0 unspecified atom stereocenters. The van der Waals surface area contributed by atoms with Crippen molar-refractivity contribution >= 4 is 5.69 Å². The van der Waals surface area contributed by atoms with Gasteiger partial charge in [-0.05, 0) is 42.3 Å². The van der Waals surface area contributed by atoms with Crippen molar-refractivity contribution in [3.05, 3.63) is 59.2 Å². The topological polar surface area (TPSA) is 24.9 Å². The number of benzene rings is 1. The van der Waals surface area contributed by atoms with E-state index in [9.17, 15) is 17.6 Å². The van der Waals surface area contributed by atoms with Crippen molar-refractivity contribution in [1.82, 2.24) is 4.98 Å². The second-order valence-electron chi connectivity index (χ2n) is 4.35. The van der Waals surface area contributed by atoms with E-state index in [0.717, 1.165) is 29.3 Å². The highest BCUT2D eigenvalue weighted by molar-refractivity contribution is 5.48. The summed E-state index contributed by atoms with van der Waals surface area (Å²) in [6, 6.07) is 4.07. The fraction of sp³-hybridized carbons (Fsp3) is 0.214. The van der Waals surface area contributed by atoms with Gasteiger partial charge in [-0.15, -0.1) is 0 Å². The molecule has 2 nitrogen and oxygen atoms in total. The fourth-order valence-corrected chi connectivity index (χ4v) is 1.71. The van der Waals surface area contributed by atoms with E-state index in [1.54, 1.807) is 18.5 Å². The Hall–Kier alpha value is -2.11. The lowest BCUT2D eigenvalue weighted by Crippen LogP contribution is -2.08. The quantitative estimate of drug-likeness (QED) is 0.856. The maximum atomic E-state index is 13.5. The minimum Gasteiger partial charge on any atom is -0.379 e. The minimum absolute atomic E-state index is 0.178. The molecule has 0 aliphatic carbocycles. The van der Waals surface area contributed by atoms with Gasteiger partial charge in [0.05, 0.1) is 11.3 Å². The third-order valence-corrected chi connectivity index (χ3v) is 2.91. The van der Waals surface area contributed by atoms with Gasteiger partial charge in [-0.2, -0.15) is 13.2 Å². The predicted octanol–water partition coefficient (Wildman–Crippen LogP) is 4.16. The summed E-state index contributed by atoms with van der Waals surface area (Å²) in [6.07, 6.45) is -1.29. The zero-order valence-electron chi connectivity index (χ0n) is 10.6. The van der Waals surface area contributed by atoms with Crippen molar-refractivity contribution in [3.8, 4) is 0 Å². The normalized spacial score (nSPS) is 11.4. The summed E-state index contributed by atoms with van der Waals surface area (Å²) in [5, 5.41) is 2.67. The number of aryl methyl sites for hydroxylation is 1. The van der Waals surface area contributed by atoms with Crippen LogP contribution in [0.4, 0.5) is 23.2 Å². The average molecular weight is 284 g/mol. The number of rotatable bonds is 3. The van der Waals surface area contributed by atoms with E-state index < -0.39 is 17.6 Å². The van der Waals surface area contributed by atoms with Crippen molar-refractivity contribution in [2.75, 3.05) is 5.32 Å². The maximum absolute atomic E-state index is 13.5. The highest BCUT2D eigenvalue weighted by atomic mass is 19.4. The Morgan fingerprint density at radius 1 is 1.20 bits per heavy atom. The third-order valence-electron chi connectivity index (χ3n) is 2.91. The zero-order valence-corrected chi connectivity index (χ0v) is 10.6. The fourth-order valence-electron chi connectivity index (χ4n) is 1.71. The molecule has 2 aromatic rings. The molecule has 2 rings (SSSR count). The van der Waals surface area contributed by atoms with Gasteiger partial charge < -0.3 is 5.32 Å². The molecular weight excluding hydrogens is 272 g/mol. The first-order chi connectivity index (χ1) is 9.38. The van der Waals surface area contributed by atoms with Gasteiger partial charge in [-0.3, -0.25) is 4.98 Å². The molecule has 0 fully saturated rings. The standard InChI is InChI=1S/C14H12F4N2/c1-9-4-5-19-7-10(9)8-20-13-6-11(14(16,17)18)2-3-12(13)15/h2-7,20H,8H2,1H3. The van der Waals surface area contributed by atoms with E-state index in [0.29, 0.717) is 0 Å². The summed E-state index contributed by atoms with van der Waals surface area (Å²) in [5.41, 5.74) is 0.664. The number of halogens is 4. The van der Waals surface area contributed by atoms with Crippen LogP contribution in [0.3, 0.4) is 0 Å². The molecule has 0 aliphatic rings. The summed E-state index contributed by atoms with van der Waals surface area (Å²) < 4.78 is 51.2. The van der Waals surface area contributed by atoms with E-state index in [1.807, 2.05) is 6.92 Å². The van der Waals surface area contributed by atoms with Gasteiger partial charge in [-0.1, -0.05) is 0 Å². The predicted molar refractivity (Wildman–Crippen MR) is 67.7 cm³/mol. The van der Waals surface area contributed by atoms with Crippen LogP contribution in [0.25, 0.3) is 0 Å². The van der Waals surface area contributed by atoms with Gasteiger partial charge in [0.25, 0.3) is 0 Å². The Bertz CT molecular complexity index is 608. The van der Waals surface area contributed by atoms with E-state index >= 15 is 0 Å². The van der Waals surface area contributed by atoms with E-state index in [2.05, 4.69) is 10.3 Å². The molecule has 6 heteroatoms. The Kier molecular flexibility index (Phi) is 3.92. The number of hydrogen-bond acceptors (Lipinski definition) is 2. The Balaban J connectivity index is 2.19. The Labute approximate surface area is 113 Å². The molecule has 1 aromatic carbocycles. The number of alkyl halides is 3. The minimum atomic E-state index is -4.49. The summed E-state index contributed by atoms with van der Waals surface area (Å²) in [6.45, 7) is 2.05. The van der Waals surface area contributed by atoms with Crippen molar-refractivity contribution in [1.29, 1.82) is 0 Å². The summed E-state index contributed by atoms with van der Waals surface area (Å²) in [5.74, 6) is -0.723. The summed E-state index contributed by atoms with van der Waals surface area (Å²) in [7, 11) is 0. The van der Waals surface area contributed by atoms with Crippen LogP contribution < -0.4 is 5.32 Å². The lowest BCUT2D eigenvalue weighted by Gasteiger charge is -2.12. The second-order valence-corrected chi connectivity index (χ2v) is 4.35. The van der Waals surface area contributed by atoms with Crippen molar-refractivity contribution in [2.24, 2.45) is 0 Å². The van der Waals surface area contributed by atoms with Crippen LogP contribution >= 0.6 is 0 Å². The monoisotopic (exact) mass is 284 g/mol. The molecule has 20 heavy (non-hydrogen) atoms. The first-order valence-corrected chi connectivity index (χ1v) is 5.88. The van der Waals surface area contributed by atoms with Crippen LogP contribution in [0.15, 0.2) is 36.7 Å². The molecule has 1 heterocycles. The van der Waals surface area contributed by atoms with Gasteiger partial charge >= 0.3 is 6.18 Å². The molecule has 1 N–H and O–H groups in total. The number of nitrogens with zero attached hydrogens (tertiary/aromatic N) is 1. The van der Waals surface area contributed by atoms with E-state index in [1.165, 1.54) is 0 Å². The van der Waals surface area contributed by atoms with Crippen molar-refractivity contribution in [3.63, 3.8) is 0 Å². The van der Waals surface area contributed by atoms with Crippen LogP contribution in [-0.4, -0.2) is 4.98 Å². The van der Waals surface area contributed by atoms with Gasteiger partial charge in [0.1, 0.15) is 5.82 Å². The number of hydrogen-bond donors (Lipinski definition) is 1. The van der Waals surface area contributed by atoms with E-state index in [-0.39, 0.29) is 12.2 Å². The number of pyridine rings is 1. The Morgan fingerprint density at radius 2 is 1.95 bits per heavy atom. The molecule has 0 amide bonds. The number of nitrogens with one attached hydrogen (secondary N) is 1. The van der Waals surface area contributed by atoms with Gasteiger partial charge in [-0.25, -0.2) is 4.39 Å². The van der Waals surface area contributed by atoms with Gasteiger partial charge in [0.2, 0.25) is 0 Å². The molecular formula is C14H12F4N2. The van der Waals surface area contributed by atoms with Crippen LogP contribution in [-0.2, 0) is 12.7 Å². The smallest absolute Gasteiger partial charge is 0.379 e. The molecule has 0 radical (unpaired) electrons. The highest BCUT2D eigenvalue weighted by Crippen LogP contribution is 2.31. The largest absolute Gasteiger partial charge is 0.416 e. The molecule has 106 valence electrons. The third kappa shape index (κ3) is 3.26. The van der Waals surface area contributed by atoms with Crippen molar-refractivity contribution in [2.45, 2.75) is 19.6 Å². The van der Waals surface area contributed by atoms with Crippen LogP contribution in [0.1, 0.15) is 16.7 Å². The second kappa shape index (κ2) is 5.48. The van der Waals surface area contributed by atoms with Crippen molar-refractivity contribution < 1.29 is 17.6 Å². The van der Waals surface area contributed by atoms with Crippen LogP contribution in [0.5, 0.6) is 0 Å². The summed E-state index contributed by atoms with van der Waals surface area (Å²) >= 11 is 0. The SMILES string of the molecule is Cc1ccncc1CNc1cc(C(F)(F)F)ccc1F. The lowest BCUT2D eigenvalue weighted by molar-refractivity contribution is -0.137. The molecule has 0 aliphatic heterocycles. The van der Waals surface area contributed by atoms with Gasteiger partial charge in [0, 0.05) is 18.9 Å². The van der Waals surface area contributed by atoms with Crippen LogP contribution in [0, 0.1) is 12.7 Å². The maximum Gasteiger partial charge on any atom is 0.416 e. The lowest BCUT2D eigenvalue weighted by atomic mass is 10.1. The Morgan fingerprint density at radius 3 is 2.60 bits per heavy atom.